The Morgan fingerprint density at radius 2 is 2.24 bits per heavy atom. The van der Waals surface area contributed by atoms with E-state index in [1.54, 1.807) is 0 Å². The van der Waals surface area contributed by atoms with Gasteiger partial charge in [0.15, 0.2) is 0 Å². The van der Waals surface area contributed by atoms with Gasteiger partial charge in [-0.2, -0.15) is 0 Å². The van der Waals surface area contributed by atoms with Gasteiger partial charge < -0.3 is 10.8 Å². The lowest BCUT2D eigenvalue weighted by atomic mass is 9.79. The number of hydrogen-bond acceptors (Lipinski definition) is 4. The van der Waals surface area contributed by atoms with E-state index in [4.69, 9.17) is 5.73 Å². The van der Waals surface area contributed by atoms with Crippen molar-refractivity contribution >= 4 is 31.6 Å². The summed E-state index contributed by atoms with van der Waals surface area (Å²) in [4.78, 5) is 0.135. The Labute approximate surface area is 134 Å². The monoisotopic (exact) mass is 376 g/mol. The normalized spacial score (nSPS) is 26.7. The summed E-state index contributed by atoms with van der Waals surface area (Å²) < 4.78 is 27.6. The van der Waals surface area contributed by atoms with E-state index in [0.717, 1.165) is 12.8 Å². The van der Waals surface area contributed by atoms with Crippen LogP contribution in [0.5, 0.6) is 0 Å². The van der Waals surface area contributed by atoms with Crippen LogP contribution in [-0.2, 0) is 10.0 Å². The molecule has 118 valence electrons. The van der Waals surface area contributed by atoms with Crippen LogP contribution < -0.4 is 10.5 Å². The van der Waals surface area contributed by atoms with Crippen molar-refractivity contribution in [1.29, 1.82) is 0 Å². The summed E-state index contributed by atoms with van der Waals surface area (Å²) in [5.74, 6) is 0.416. The second-order valence-electron chi connectivity index (χ2n) is 5.93. The molecule has 0 amide bonds. The first-order chi connectivity index (χ1) is 9.72. The van der Waals surface area contributed by atoms with E-state index < -0.39 is 15.6 Å². The Hall–Kier alpha value is -0.630. The zero-order valence-corrected chi connectivity index (χ0v) is 14.4. The average molecular weight is 377 g/mol. The van der Waals surface area contributed by atoms with Crippen LogP contribution in [-0.4, -0.2) is 25.7 Å². The number of nitrogen functional groups attached to an aromatic ring is 1. The Morgan fingerprint density at radius 1 is 1.52 bits per heavy atom. The summed E-state index contributed by atoms with van der Waals surface area (Å²) in [5.41, 5.74) is 5.19. The molecule has 1 saturated carbocycles. The molecule has 0 heterocycles. The van der Waals surface area contributed by atoms with Crippen LogP contribution in [0.1, 0.15) is 32.6 Å². The number of aliphatic hydroxyl groups is 1. The Morgan fingerprint density at radius 3 is 2.86 bits per heavy atom. The lowest BCUT2D eigenvalue weighted by Gasteiger charge is -2.35. The smallest absolute Gasteiger partial charge is 0.240 e. The summed E-state index contributed by atoms with van der Waals surface area (Å²) in [6.45, 7) is 2.12. The molecule has 2 atom stereocenters. The van der Waals surface area contributed by atoms with Gasteiger partial charge in [0.25, 0.3) is 0 Å². The van der Waals surface area contributed by atoms with Gasteiger partial charge in [0, 0.05) is 16.7 Å². The van der Waals surface area contributed by atoms with Crippen molar-refractivity contribution in [3.05, 3.63) is 22.7 Å². The molecule has 0 bridgehead atoms. The maximum Gasteiger partial charge on any atom is 0.240 e. The number of halogens is 1. The number of hydrogen-bond donors (Lipinski definition) is 3. The molecule has 7 heteroatoms. The van der Waals surface area contributed by atoms with Crippen molar-refractivity contribution in [2.75, 3.05) is 12.3 Å². The molecule has 1 aromatic rings. The van der Waals surface area contributed by atoms with E-state index in [0.29, 0.717) is 28.9 Å². The second-order valence-corrected chi connectivity index (χ2v) is 8.56. The molecule has 0 radical (unpaired) electrons. The van der Waals surface area contributed by atoms with E-state index in [2.05, 4.69) is 27.6 Å². The molecule has 0 spiro atoms. The molecule has 21 heavy (non-hydrogen) atoms. The fourth-order valence-electron chi connectivity index (χ4n) is 2.78. The maximum atomic E-state index is 12.3. The van der Waals surface area contributed by atoms with Crippen LogP contribution in [0.15, 0.2) is 27.6 Å². The molecule has 1 aromatic carbocycles. The Bertz CT molecular complexity index is 621. The van der Waals surface area contributed by atoms with Gasteiger partial charge in [0.2, 0.25) is 10.0 Å². The molecule has 0 aliphatic heterocycles. The molecular formula is C14H21BrN2O3S. The van der Waals surface area contributed by atoms with Gasteiger partial charge in [-0.3, -0.25) is 0 Å². The zero-order chi connectivity index (χ0) is 15.7. The molecule has 0 aromatic heterocycles. The van der Waals surface area contributed by atoms with Crippen molar-refractivity contribution in [2.24, 2.45) is 5.92 Å². The SMILES string of the molecule is CC1CCCC(O)(CNS(=O)(=O)c2ccc(N)c(Br)c2)C1. The standard InChI is InChI=1S/C14H21BrN2O3S/c1-10-3-2-6-14(18,8-10)9-17-21(19,20)11-4-5-13(16)12(15)7-11/h4-5,7,10,17-18H,2-3,6,8-9,16H2,1H3. The first kappa shape index (κ1) is 16.7. The largest absolute Gasteiger partial charge is 0.398 e. The average Bonchev–Trinajstić information content (AvgIpc) is 2.40. The molecule has 2 rings (SSSR count). The van der Waals surface area contributed by atoms with Crippen LogP contribution in [0.25, 0.3) is 0 Å². The van der Waals surface area contributed by atoms with Crippen molar-refractivity contribution < 1.29 is 13.5 Å². The van der Waals surface area contributed by atoms with Gasteiger partial charge in [0.05, 0.1) is 10.5 Å². The fourth-order valence-corrected chi connectivity index (χ4v) is 4.46. The van der Waals surface area contributed by atoms with Crippen LogP contribution in [0.3, 0.4) is 0 Å². The van der Waals surface area contributed by atoms with E-state index in [1.807, 2.05) is 0 Å². The van der Waals surface area contributed by atoms with E-state index in [-0.39, 0.29) is 11.4 Å². The zero-order valence-electron chi connectivity index (χ0n) is 12.0. The number of sulfonamides is 1. The first-order valence-corrected chi connectivity index (χ1v) is 9.27. The minimum atomic E-state index is -3.65. The highest BCUT2D eigenvalue weighted by Gasteiger charge is 2.33. The molecule has 1 aliphatic rings. The molecule has 0 saturated heterocycles. The van der Waals surface area contributed by atoms with E-state index in [1.165, 1.54) is 18.2 Å². The minimum absolute atomic E-state index is 0.0433. The first-order valence-electron chi connectivity index (χ1n) is 6.99. The fraction of sp³-hybridized carbons (Fsp3) is 0.571. The highest BCUT2D eigenvalue weighted by atomic mass is 79.9. The van der Waals surface area contributed by atoms with Gasteiger partial charge in [-0.1, -0.05) is 19.8 Å². The lowest BCUT2D eigenvalue weighted by molar-refractivity contribution is -0.00751. The van der Waals surface area contributed by atoms with Crippen LogP contribution in [0.2, 0.25) is 0 Å². The summed E-state index contributed by atoms with van der Waals surface area (Å²) >= 11 is 3.22. The van der Waals surface area contributed by atoms with Gasteiger partial charge >= 0.3 is 0 Å². The summed E-state index contributed by atoms with van der Waals surface area (Å²) in [5, 5.41) is 10.5. The molecular weight excluding hydrogens is 356 g/mol. The number of nitrogens with one attached hydrogen (secondary N) is 1. The predicted molar refractivity (Wildman–Crippen MR) is 86.3 cm³/mol. The van der Waals surface area contributed by atoms with Gasteiger partial charge in [-0.05, 0) is 52.9 Å². The maximum absolute atomic E-state index is 12.3. The van der Waals surface area contributed by atoms with Crippen LogP contribution >= 0.6 is 15.9 Å². The van der Waals surface area contributed by atoms with Crippen molar-refractivity contribution in [3.8, 4) is 0 Å². The molecule has 4 N–H and O–H groups in total. The Kier molecular flexibility index (Phi) is 4.97. The summed E-state index contributed by atoms with van der Waals surface area (Å²) in [6.07, 6.45) is 3.26. The predicted octanol–water partition coefficient (Wildman–Crippen LogP) is 2.25. The van der Waals surface area contributed by atoms with Crippen molar-refractivity contribution in [2.45, 2.75) is 43.1 Å². The van der Waals surface area contributed by atoms with Gasteiger partial charge in [-0.15, -0.1) is 0 Å². The number of anilines is 1. The van der Waals surface area contributed by atoms with E-state index in [9.17, 15) is 13.5 Å². The quantitative estimate of drug-likeness (QED) is 0.702. The van der Waals surface area contributed by atoms with Gasteiger partial charge in [-0.25, -0.2) is 13.1 Å². The van der Waals surface area contributed by atoms with Crippen LogP contribution in [0, 0.1) is 5.92 Å². The number of nitrogens with two attached hydrogens (primary N) is 1. The third-order valence-corrected chi connectivity index (χ3v) is 6.03. The number of rotatable bonds is 4. The van der Waals surface area contributed by atoms with Crippen LogP contribution in [0.4, 0.5) is 5.69 Å². The van der Waals surface area contributed by atoms with Crippen molar-refractivity contribution in [3.63, 3.8) is 0 Å². The van der Waals surface area contributed by atoms with E-state index >= 15 is 0 Å². The summed E-state index contributed by atoms with van der Waals surface area (Å²) in [6, 6.07) is 4.46. The summed E-state index contributed by atoms with van der Waals surface area (Å²) in [7, 11) is -3.65. The molecule has 2 unspecified atom stereocenters. The molecule has 1 aliphatic carbocycles. The highest BCUT2D eigenvalue weighted by Crippen LogP contribution is 2.32. The van der Waals surface area contributed by atoms with Gasteiger partial charge in [0.1, 0.15) is 0 Å². The minimum Gasteiger partial charge on any atom is -0.398 e. The third kappa shape index (κ3) is 4.18. The second kappa shape index (κ2) is 6.24. The topological polar surface area (TPSA) is 92.4 Å². The van der Waals surface area contributed by atoms with Crippen molar-refractivity contribution in [1.82, 2.24) is 4.72 Å². The molecule has 1 fully saturated rings. The molecule has 5 nitrogen and oxygen atoms in total. The third-order valence-electron chi connectivity index (χ3n) is 3.94. The highest BCUT2D eigenvalue weighted by molar-refractivity contribution is 9.10. The number of benzene rings is 1. The Balaban J connectivity index is 2.09. The lowest BCUT2D eigenvalue weighted by Crippen LogP contribution is -2.45.